The quantitative estimate of drug-likeness (QED) is 0.264. The lowest BCUT2D eigenvalue weighted by molar-refractivity contribution is 1.13. The highest BCUT2D eigenvalue weighted by Gasteiger charge is 2.08. The number of fused-ring (bicyclic) bond motifs is 4. The van der Waals surface area contributed by atoms with Crippen LogP contribution in [0.4, 0.5) is 0 Å². The molecule has 34 heavy (non-hydrogen) atoms. The van der Waals surface area contributed by atoms with Gasteiger partial charge in [0.25, 0.3) is 0 Å². The molecule has 7 aromatic rings. The average Bonchev–Trinajstić information content (AvgIpc) is 3.54. The summed E-state index contributed by atoms with van der Waals surface area (Å²) in [5, 5.41) is 5.11. The third kappa shape index (κ3) is 2.96. The van der Waals surface area contributed by atoms with Crippen LogP contribution in [0.5, 0.6) is 0 Å². The van der Waals surface area contributed by atoms with E-state index in [1.54, 1.807) is 0 Å². The molecule has 0 amide bonds. The van der Waals surface area contributed by atoms with Gasteiger partial charge in [0.2, 0.25) is 0 Å². The van der Waals surface area contributed by atoms with Crippen LogP contribution in [-0.2, 0) is 0 Å². The van der Waals surface area contributed by atoms with Crippen LogP contribution in [0.25, 0.3) is 55.1 Å². The summed E-state index contributed by atoms with van der Waals surface area (Å²) >= 11 is 0. The molecule has 0 radical (unpaired) electrons. The van der Waals surface area contributed by atoms with E-state index in [4.69, 9.17) is 0 Å². The van der Waals surface area contributed by atoms with Crippen molar-refractivity contribution in [3.8, 4) is 22.5 Å². The van der Waals surface area contributed by atoms with E-state index in [1.165, 1.54) is 55.1 Å². The second kappa shape index (κ2) is 7.50. The van der Waals surface area contributed by atoms with Crippen LogP contribution in [0.1, 0.15) is 0 Å². The van der Waals surface area contributed by atoms with Crippen LogP contribution in [0.2, 0.25) is 0 Å². The molecule has 0 unspecified atom stereocenters. The fourth-order valence-electron chi connectivity index (χ4n) is 5.07. The molecular formula is C32H22N2. The number of hydrogen-bond donors (Lipinski definition) is 0. The van der Waals surface area contributed by atoms with Gasteiger partial charge in [-0.15, -0.1) is 0 Å². The van der Waals surface area contributed by atoms with Gasteiger partial charge >= 0.3 is 0 Å². The Morgan fingerprint density at radius 3 is 1.94 bits per heavy atom. The van der Waals surface area contributed by atoms with E-state index >= 15 is 0 Å². The maximum atomic E-state index is 2.28. The average molecular weight is 435 g/mol. The highest BCUT2D eigenvalue weighted by Crippen LogP contribution is 2.30. The van der Waals surface area contributed by atoms with Crippen LogP contribution in [0.3, 0.4) is 0 Å². The summed E-state index contributed by atoms with van der Waals surface area (Å²) in [6, 6.07) is 43.5. The predicted molar refractivity (Wildman–Crippen MR) is 143 cm³/mol. The standard InChI is InChI=1S/C32H22N2/c1-2-7-27(8-3-1)33-20-18-26-22-25(13-16-31(26)33)23-10-14-28(15-11-23)34-21-19-30-29-9-5-4-6-24(29)12-17-32(30)34/h1-22H. The monoisotopic (exact) mass is 434 g/mol. The summed E-state index contributed by atoms with van der Waals surface area (Å²) in [6.45, 7) is 0. The van der Waals surface area contributed by atoms with Crippen LogP contribution in [0, 0.1) is 0 Å². The molecule has 2 aromatic heterocycles. The molecule has 0 bridgehead atoms. The molecule has 2 heterocycles. The Labute approximate surface area is 197 Å². The molecule has 5 aromatic carbocycles. The highest BCUT2D eigenvalue weighted by atomic mass is 15.0. The third-order valence-corrected chi connectivity index (χ3v) is 6.80. The molecule has 2 nitrogen and oxygen atoms in total. The second-order valence-electron chi connectivity index (χ2n) is 8.75. The Bertz CT molecular complexity index is 1780. The number of aromatic nitrogens is 2. The van der Waals surface area contributed by atoms with E-state index < -0.39 is 0 Å². The number of para-hydroxylation sites is 1. The molecular weight excluding hydrogens is 412 g/mol. The first kappa shape index (κ1) is 19.0. The molecule has 160 valence electrons. The summed E-state index contributed by atoms with van der Waals surface area (Å²) in [5.74, 6) is 0. The summed E-state index contributed by atoms with van der Waals surface area (Å²) in [6.07, 6.45) is 4.32. The first-order chi connectivity index (χ1) is 16.8. The van der Waals surface area contributed by atoms with Crippen molar-refractivity contribution < 1.29 is 0 Å². The first-order valence-electron chi connectivity index (χ1n) is 11.6. The molecule has 0 atom stereocenters. The van der Waals surface area contributed by atoms with Crippen LogP contribution >= 0.6 is 0 Å². The van der Waals surface area contributed by atoms with E-state index in [0.717, 1.165) is 0 Å². The van der Waals surface area contributed by atoms with Crippen molar-refractivity contribution in [3.63, 3.8) is 0 Å². The maximum Gasteiger partial charge on any atom is 0.0534 e. The molecule has 2 heteroatoms. The lowest BCUT2D eigenvalue weighted by Gasteiger charge is -2.09. The summed E-state index contributed by atoms with van der Waals surface area (Å²) in [7, 11) is 0. The van der Waals surface area contributed by atoms with Crippen LogP contribution in [-0.4, -0.2) is 9.13 Å². The SMILES string of the molecule is c1ccc(-n2ccc3cc(-c4ccc(-n5ccc6c7ccccc7ccc65)cc4)ccc32)cc1. The number of benzene rings is 5. The Morgan fingerprint density at radius 2 is 1.06 bits per heavy atom. The third-order valence-electron chi connectivity index (χ3n) is 6.80. The van der Waals surface area contributed by atoms with Crippen molar-refractivity contribution in [2.24, 2.45) is 0 Å². The van der Waals surface area contributed by atoms with Gasteiger partial charge < -0.3 is 9.13 Å². The molecule has 0 saturated carbocycles. The van der Waals surface area contributed by atoms with Gasteiger partial charge in [-0.25, -0.2) is 0 Å². The lowest BCUT2D eigenvalue weighted by atomic mass is 10.0. The Balaban J connectivity index is 1.25. The largest absolute Gasteiger partial charge is 0.317 e. The maximum absolute atomic E-state index is 2.28. The molecule has 0 aliphatic rings. The first-order valence-corrected chi connectivity index (χ1v) is 11.6. The van der Waals surface area contributed by atoms with E-state index in [2.05, 4.69) is 143 Å². The summed E-state index contributed by atoms with van der Waals surface area (Å²) < 4.78 is 4.51. The molecule has 0 spiro atoms. The Morgan fingerprint density at radius 1 is 0.382 bits per heavy atom. The minimum absolute atomic E-state index is 1.17. The highest BCUT2D eigenvalue weighted by molar-refractivity contribution is 6.07. The minimum Gasteiger partial charge on any atom is -0.317 e. The van der Waals surface area contributed by atoms with Gasteiger partial charge in [-0.3, -0.25) is 0 Å². The topological polar surface area (TPSA) is 9.86 Å². The zero-order valence-electron chi connectivity index (χ0n) is 18.6. The van der Waals surface area contributed by atoms with Crippen molar-refractivity contribution in [1.82, 2.24) is 9.13 Å². The smallest absolute Gasteiger partial charge is 0.0534 e. The van der Waals surface area contributed by atoms with Crippen LogP contribution < -0.4 is 0 Å². The van der Waals surface area contributed by atoms with Crippen molar-refractivity contribution in [1.29, 1.82) is 0 Å². The van der Waals surface area contributed by atoms with E-state index in [0.29, 0.717) is 0 Å². The van der Waals surface area contributed by atoms with Gasteiger partial charge in [-0.1, -0.05) is 66.7 Å². The lowest BCUT2D eigenvalue weighted by Crippen LogP contribution is -1.92. The van der Waals surface area contributed by atoms with Gasteiger partial charge in [0.05, 0.1) is 11.0 Å². The van der Waals surface area contributed by atoms with Crippen molar-refractivity contribution in [2.45, 2.75) is 0 Å². The molecule has 0 saturated heterocycles. The van der Waals surface area contributed by atoms with E-state index in [-0.39, 0.29) is 0 Å². The molecule has 0 aliphatic carbocycles. The van der Waals surface area contributed by atoms with Gasteiger partial charge in [-0.05, 0) is 76.5 Å². The van der Waals surface area contributed by atoms with Gasteiger partial charge in [0, 0.05) is 34.5 Å². The Kier molecular flexibility index (Phi) is 4.18. The van der Waals surface area contributed by atoms with E-state index in [1.807, 2.05) is 0 Å². The summed E-state index contributed by atoms with van der Waals surface area (Å²) in [5.41, 5.74) is 7.26. The fraction of sp³-hybridized carbons (Fsp3) is 0. The normalized spacial score (nSPS) is 11.5. The number of rotatable bonds is 3. The number of hydrogen-bond acceptors (Lipinski definition) is 0. The second-order valence-corrected chi connectivity index (χ2v) is 8.75. The van der Waals surface area contributed by atoms with Crippen molar-refractivity contribution in [2.75, 3.05) is 0 Å². The van der Waals surface area contributed by atoms with Gasteiger partial charge in [-0.2, -0.15) is 0 Å². The zero-order chi connectivity index (χ0) is 22.5. The molecule has 0 fully saturated rings. The van der Waals surface area contributed by atoms with Gasteiger partial charge in [0.15, 0.2) is 0 Å². The van der Waals surface area contributed by atoms with E-state index in [9.17, 15) is 0 Å². The molecule has 7 rings (SSSR count). The van der Waals surface area contributed by atoms with Gasteiger partial charge in [0.1, 0.15) is 0 Å². The van der Waals surface area contributed by atoms with Crippen molar-refractivity contribution in [3.05, 3.63) is 134 Å². The minimum atomic E-state index is 1.17. The fourth-order valence-corrected chi connectivity index (χ4v) is 5.07. The van der Waals surface area contributed by atoms with Crippen LogP contribution in [0.15, 0.2) is 134 Å². The molecule has 0 N–H and O–H groups in total. The van der Waals surface area contributed by atoms with Crippen molar-refractivity contribution >= 4 is 32.6 Å². The predicted octanol–water partition coefficient (Wildman–Crippen LogP) is 8.39. The zero-order valence-corrected chi connectivity index (χ0v) is 18.6. The molecule has 0 aliphatic heterocycles. The summed E-state index contributed by atoms with van der Waals surface area (Å²) in [4.78, 5) is 0. The number of nitrogens with zero attached hydrogens (tertiary/aromatic N) is 2. The Hall–Kier alpha value is -4.56.